The number of nitrogens with zero attached hydrogens (tertiary/aromatic N) is 3. The summed E-state index contributed by atoms with van der Waals surface area (Å²) in [6, 6.07) is 9.43. The van der Waals surface area contributed by atoms with E-state index in [9.17, 15) is 0 Å². The van der Waals surface area contributed by atoms with E-state index >= 15 is 0 Å². The lowest BCUT2D eigenvalue weighted by Crippen LogP contribution is -2.45. The molecule has 1 aromatic carbocycles. The van der Waals surface area contributed by atoms with Crippen LogP contribution in [0.15, 0.2) is 24.3 Å². The number of hydrogen-bond acceptors (Lipinski definition) is 4. The summed E-state index contributed by atoms with van der Waals surface area (Å²) in [5.41, 5.74) is 0.645. The van der Waals surface area contributed by atoms with Crippen molar-refractivity contribution in [1.82, 2.24) is 9.80 Å². The maximum absolute atomic E-state index is 8.80. The molecule has 0 amide bonds. The SMILES string of the molecule is CN1CCN(CCOc2cccc(C#N)c2)CC1. The van der Waals surface area contributed by atoms with Gasteiger partial charge in [-0.3, -0.25) is 4.90 Å². The molecule has 0 N–H and O–H groups in total. The van der Waals surface area contributed by atoms with Crippen LogP contribution in [0.2, 0.25) is 0 Å². The maximum Gasteiger partial charge on any atom is 0.120 e. The van der Waals surface area contributed by atoms with E-state index in [0.717, 1.165) is 38.5 Å². The van der Waals surface area contributed by atoms with Gasteiger partial charge in [-0.15, -0.1) is 0 Å². The van der Waals surface area contributed by atoms with E-state index in [1.807, 2.05) is 12.1 Å². The Labute approximate surface area is 108 Å². The molecule has 0 saturated carbocycles. The number of likely N-dealkylation sites (N-methyl/N-ethyl adjacent to an activating group) is 1. The van der Waals surface area contributed by atoms with Gasteiger partial charge in [0.05, 0.1) is 11.6 Å². The summed E-state index contributed by atoms with van der Waals surface area (Å²) in [4.78, 5) is 4.75. The Balaban J connectivity index is 1.73. The number of nitriles is 1. The molecule has 4 heteroatoms. The van der Waals surface area contributed by atoms with Crippen molar-refractivity contribution in [2.75, 3.05) is 46.4 Å². The molecular formula is C14H19N3O. The first-order valence-corrected chi connectivity index (χ1v) is 6.32. The minimum atomic E-state index is 0.645. The summed E-state index contributed by atoms with van der Waals surface area (Å²) in [5.74, 6) is 0.781. The number of piperazine rings is 1. The minimum Gasteiger partial charge on any atom is -0.492 e. The highest BCUT2D eigenvalue weighted by Gasteiger charge is 2.13. The fourth-order valence-corrected chi connectivity index (χ4v) is 2.02. The number of ether oxygens (including phenoxy) is 1. The quantitative estimate of drug-likeness (QED) is 0.798. The van der Waals surface area contributed by atoms with Crippen molar-refractivity contribution in [1.29, 1.82) is 5.26 Å². The van der Waals surface area contributed by atoms with Crippen LogP contribution in [0.1, 0.15) is 5.56 Å². The van der Waals surface area contributed by atoms with Gasteiger partial charge in [-0.05, 0) is 25.2 Å². The van der Waals surface area contributed by atoms with Gasteiger partial charge in [0.15, 0.2) is 0 Å². The Morgan fingerprint density at radius 1 is 1.28 bits per heavy atom. The highest BCUT2D eigenvalue weighted by molar-refractivity contribution is 5.36. The molecule has 18 heavy (non-hydrogen) atoms. The van der Waals surface area contributed by atoms with Crippen molar-refractivity contribution in [2.24, 2.45) is 0 Å². The number of benzene rings is 1. The van der Waals surface area contributed by atoms with Gasteiger partial charge in [0, 0.05) is 32.7 Å². The Bertz CT molecular complexity index is 419. The van der Waals surface area contributed by atoms with Gasteiger partial charge in [-0.2, -0.15) is 5.26 Å². The highest BCUT2D eigenvalue weighted by Crippen LogP contribution is 2.12. The first-order valence-electron chi connectivity index (χ1n) is 6.32. The Hall–Kier alpha value is -1.57. The summed E-state index contributed by atoms with van der Waals surface area (Å²) >= 11 is 0. The zero-order chi connectivity index (χ0) is 12.8. The Morgan fingerprint density at radius 3 is 2.78 bits per heavy atom. The van der Waals surface area contributed by atoms with Crippen LogP contribution in [0.3, 0.4) is 0 Å². The lowest BCUT2D eigenvalue weighted by Gasteiger charge is -2.32. The van der Waals surface area contributed by atoms with Crippen LogP contribution < -0.4 is 4.74 Å². The van der Waals surface area contributed by atoms with Crippen molar-refractivity contribution in [3.63, 3.8) is 0 Å². The van der Waals surface area contributed by atoms with E-state index in [2.05, 4.69) is 22.9 Å². The van der Waals surface area contributed by atoms with Crippen molar-refractivity contribution < 1.29 is 4.74 Å². The van der Waals surface area contributed by atoms with E-state index < -0.39 is 0 Å². The molecule has 0 atom stereocenters. The molecule has 2 rings (SSSR count). The summed E-state index contributed by atoms with van der Waals surface area (Å²) < 4.78 is 5.67. The second-order valence-electron chi connectivity index (χ2n) is 4.63. The van der Waals surface area contributed by atoms with E-state index in [1.54, 1.807) is 12.1 Å². The van der Waals surface area contributed by atoms with Crippen LogP contribution in [0.4, 0.5) is 0 Å². The zero-order valence-electron chi connectivity index (χ0n) is 10.8. The Morgan fingerprint density at radius 2 is 2.06 bits per heavy atom. The molecule has 1 aromatic rings. The number of hydrogen-bond donors (Lipinski definition) is 0. The largest absolute Gasteiger partial charge is 0.492 e. The first-order chi connectivity index (χ1) is 8.78. The van der Waals surface area contributed by atoms with Gasteiger partial charge in [0.1, 0.15) is 12.4 Å². The zero-order valence-corrected chi connectivity index (χ0v) is 10.8. The molecule has 96 valence electrons. The topological polar surface area (TPSA) is 39.5 Å². The molecule has 1 fully saturated rings. The Kier molecular flexibility index (Phi) is 4.57. The molecule has 0 unspecified atom stereocenters. The van der Waals surface area contributed by atoms with Crippen LogP contribution in [-0.4, -0.2) is 56.2 Å². The normalized spacial score (nSPS) is 17.3. The average Bonchev–Trinajstić information content (AvgIpc) is 2.41. The van der Waals surface area contributed by atoms with Crippen LogP contribution in [0, 0.1) is 11.3 Å². The van der Waals surface area contributed by atoms with Gasteiger partial charge in [0.2, 0.25) is 0 Å². The summed E-state index contributed by atoms with van der Waals surface area (Å²) in [5, 5.41) is 8.80. The molecule has 0 spiro atoms. The fourth-order valence-electron chi connectivity index (χ4n) is 2.02. The van der Waals surface area contributed by atoms with Crippen molar-refractivity contribution >= 4 is 0 Å². The van der Waals surface area contributed by atoms with Gasteiger partial charge in [0.25, 0.3) is 0 Å². The third kappa shape index (κ3) is 3.73. The smallest absolute Gasteiger partial charge is 0.120 e. The van der Waals surface area contributed by atoms with Crippen LogP contribution in [0.5, 0.6) is 5.75 Å². The van der Waals surface area contributed by atoms with Gasteiger partial charge < -0.3 is 9.64 Å². The molecule has 1 saturated heterocycles. The van der Waals surface area contributed by atoms with Crippen molar-refractivity contribution in [3.8, 4) is 11.8 Å². The molecular weight excluding hydrogens is 226 g/mol. The second kappa shape index (κ2) is 6.39. The maximum atomic E-state index is 8.80. The summed E-state index contributed by atoms with van der Waals surface area (Å²) in [6.45, 7) is 6.10. The molecule has 1 aliphatic heterocycles. The second-order valence-corrected chi connectivity index (χ2v) is 4.63. The molecule has 0 radical (unpaired) electrons. The van der Waals surface area contributed by atoms with Crippen LogP contribution in [0.25, 0.3) is 0 Å². The van der Waals surface area contributed by atoms with E-state index in [4.69, 9.17) is 10.00 Å². The molecule has 4 nitrogen and oxygen atoms in total. The van der Waals surface area contributed by atoms with Crippen molar-refractivity contribution in [3.05, 3.63) is 29.8 Å². The lowest BCUT2D eigenvalue weighted by atomic mass is 10.2. The van der Waals surface area contributed by atoms with Gasteiger partial charge in [-0.25, -0.2) is 0 Å². The predicted octanol–water partition coefficient (Wildman–Crippen LogP) is 1.18. The summed E-state index contributed by atoms with van der Waals surface area (Å²) in [7, 11) is 2.15. The summed E-state index contributed by atoms with van der Waals surface area (Å²) in [6.07, 6.45) is 0. The monoisotopic (exact) mass is 245 g/mol. The lowest BCUT2D eigenvalue weighted by molar-refractivity contribution is 0.134. The molecule has 0 aromatic heterocycles. The van der Waals surface area contributed by atoms with Gasteiger partial charge >= 0.3 is 0 Å². The third-order valence-corrected chi connectivity index (χ3v) is 3.24. The van der Waals surface area contributed by atoms with Crippen molar-refractivity contribution in [2.45, 2.75) is 0 Å². The highest BCUT2D eigenvalue weighted by atomic mass is 16.5. The molecule has 0 bridgehead atoms. The van der Waals surface area contributed by atoms with E-state index in [-0.39, 0.29) is 0 Å². The minimum absolute atomic E-state index is 0.645. The molecule has 1 aliphatic rings. The van der Waals surface area contributed by atoms with Crippen LogP contribution >= 0.6 is 0 Å². The standard InChI is InChI=1S/C14H19N3O/c1-16-5-7-17(8-6-16)9-10-18-14-4-2-3-13(11-14)12-15/h2-4,11H,5-10H2,1H3. The van der Waals surface area contributed by atoms with E-state index in [1.165, 1.54) is 0 Å². The average molecular weight is 245 g/mol. The predicted molar refractivity (Wildman–Crippen MR) is 70.6 cm³/mol. The third-order valence-electron chi connectivity index (χ3n) is 3.24. The van der Waals surface area contributed by atoms with E-state index in [0.29, 0.717) is 12.2 Å². The fraction of sp³-hybridized carbons (Fsp3) is 0.500. The number of rotatable bonds is 4. The molecule has 0 aliphatic carbocycles. The van der Waals surface area contributed by atoms with Gasteiger partial charge in [-0.1, -0.05) is 6.07 Å². The molecule has 1 heterocycles. The van der Waals surface area contributed by atoms with Crippen LogP contribution in [-0.2, 0) is 0 Å². The first kappa shape index (κ1) is 12.9.